The number of nitrogens with one attached hydrogen (secondary N) is 1. The van der Waals surface area contributed by atoms with E-state index in [2.05, 4.69) is 12.2 Å². The number of carbonyl (C=O) groups excluding carboxylic acids is 2. The van der Waals surface area contributed by atoms with E-state index < -0.39 is 11.3 Å². The molecule has 0 bridgehead atoms. The Hall–Kier alpha value is -0.770. The van der Waals surface area contributed by atoms with Gasteiger partial charge in [0.05, 0.1) is 0 Å². The van der Waals surface area contributed by atoms with Gasteiger partial charge >= 0.3 is 6.03 Å². The van der Waals surface area contributed by atoms with Crippen LogP contribution in [0, 0.1) is 5.92 Å². The van der Waals surface area contributed by atoms with Crippen LogP contribution in [0.3, 0.4) is 0 Å². The zero-order chi connectivity index (χ0) is 12.1. The van der Waals surface area contributed by atoms with E-state index in [4.69, 9.17) is 11.6 Å². The average molecular weight is 247 g/mol. The van der Waals surface area contributed by atoms with Crippen molar-refractivity contribution in [3.63, 3.8) is 0 Å². The van der Waals surface area contributed by atoms with Crippen LogP contribution < -0.4 is 5.32 Å². The maximum atomic E-state index is 11.7. The van der Waals surface area contributed by atoms with Gasteiger partial charge in [0, 0.05) is 13.1 Å². The summed E-state index contributed by atoms with van der Waals surface area (Å²) in [6.07, 6.45) is 3.14. The summed E-state index contributed by atoms with van der Waals surface area (Å²) in [5, 5.41) is 1.64. The fourth-order valence-corrected chi connectivity index (χ4v) is 1.80. The molecule has 3 amide bonds. The summed E-state index contributed by atoms with van der Waals surface area (Å²) in [5.74, 6) is 0.226. The highest BCUT2D eigenvalue weighted by atomic mass is 35.5. The van der Waals surface area contributed by atoms with Crippen molar-refractivity contribution in [2.24, 2.45) is 5.92 Å². The van der Waals surface area contributed by atoms with Gasteiger partial charge < -0.3 is 4.90 Å². The number of imide groups is 1. The predicted octanol–water partition coefficient (Wildman–Crippen LogP) is 1.97. The van der Waals surface area contributed by atoms with Gasteiger partial charge in [-0.1, -0.05) is 6.92 Å². The third-order valence-electron chi connectivity index (χ3n) is 2.90. The number of amides is 3. The molecule has 0 aromatic rings. The van der Waals surface area contributed by atoms with Crippen LogP contribution in [0.4, 0.5) is 4.79 Å². The fourth-order valence-electron chi connectivity index (χ4n) is 1.75. The summed E-state index contributed by atoms with van der Waals surface area (Å²) < 4.78 is 0. The first-order valence-corrected chi connectivity index (χ1v) is 6.18. The highest BCUT2D eigenvalue weighted by Gasteiger charge is 2.21. The third kappa shape index (κ3) is 4.00. The minimum absolute atomic E-state index is 0.313. The standard InChI is InChI=1S/C11H19ClN2O2/c1-8-4-3-6-14(7-5-8)11(16)13-10(15)9(2)12/h8-9H,3-7H2,1-2H3,(H,13,15,16). The molecule has 1 saturated heterocycles. The van der Waals surface area contributed by atoms with Crippen LogP contribution in [0.25, 0.3) is 0 Å². The molecule has 0 spiro atoms. The second-order valence-electron chi connectivity index (χ2n) is 4.43. The molecule has 1 N–H and O–H groups in total. The third-order valence-corrected chi connectivity index (χ3v) is 3.09. The summed E-state index contributed by atoms with van der Waals surface area (Å²) >= 11 is 5.58. The number of hydrogen-bond acceptors (Lipinski definition) is 2. The normalized spacial score (nSPS) is 23.4. The van der Waals surface area contributed by atoms with E-state index in [1.807, 2.05) is 0 Å². The van der Waals surface area contributed by atoms with Crippen molar-refractivity contribution in [1.29, 1.82) is 0 Å². The van der Waals surface area contributed by atoms with Gasteiger partial charge in [0.2, 0.25) is 5.91 Å². The summed E-state index contributed by atoms with van der Waals surface area (Å²) in [6.45, 7) is 5.18. The maximum absolute atomic E-state index is 11.7. The van der Waals surface area contributed by atoms with Crippen molar-refractivity contribution in [2.45, 2.75) is 38.5 Å². The molecule has 1 aliphatic rings. The zero-order valence-corrected chi connectivity index (χ0v) is 10.6. The lowest BCUT2D eigenvalue weighted by molar-refractivity contribution is -0.119. The Morgan fingerprint density at radius 3 is 2.69 bits per heavy atom. The molecule has 16 heavy (non-hydrogen) atoms. The first-order valence-electron chi connectivity index (χ1n) is 5.74. The van der Waals surface area contributed by atoms with Gasteiger partial charge in [-0.2, -0.15) is 0 Å². The summed E-state index contributed by atoms with van der Waals surface area (Å²) in [6, 6.07) is -0.313. The van der Waals surface area contributed by atoms with Crippen LogP contribution in [-0.2, 0) is 4.79 Å². The number of urea groups is 1. The van der Waals surface area contributed by atoms with Gasteiger partial charge in [0.1, 0.15) is 5.38 Å². The van der Waals surface area contributed by atoms with Crippen LogP contribution in [0.2, 0.25) is 0 Å². The van der Waals surface area contributed by atoms with Gasteiger partial charge in [-0.15, -0.1) is 11.6 Å². The van der Waals surface area contributed by atoms with Crippen molar-refractivity contribution in [3.05, 3.63) is 0 Å². The molecule has 0 aromatic heterocycles. The zero-order valence-electron chi connectivity index (χ0n) is 9.83. The van der Waals surface area contributed by atoms with Crippen LogP contribution in [0.5, 0.6) is 0 Å². The van der Waals surface area contributed by atoms with E-state index in [9.17, 15) is 9.59 Å². The molecule has 1 heterocycles. The van der Waals surface area contributed by atoms with Crippen molar-refractivity contribution < 1.29 is 9.59 Å². The number of halogens is 1. The van der Waals surface area contributed by atoms with Crippen molar-refractivity contribution in [3.8, 4) is 0 Å². The molecule has 5 heteroatoms. The van der Waals surface area contributed by atoms with E-state index in [1.165, 1.54) is 0 Å². The van der Waals surface area contributed by atoms with Gasteiger partial charge in [-0.25, -0.2) is 4.79 Å². The van der Waals surface area contributed by atoms with Gasteiger partial charge in [-0.3, -0.25) is 10.1 Å². The van der Waals surface area contributed by atoms with E-state index in [1.54, 1.807) is 11.8 Å². The minimum Gasteiger partial charge on any atom is -0.324 e. The second kappa shape index (κ2) is 6.09. The van der Waals surface area contributed by atoms with Crippen molar-refractivity contribution in [2.75, 3.05) is 13.1 Å². The molecule has 0 radical (unpaired) electrons. The molecular formula is C11H19ClN2O2. The highest BCUT2D eigenvalue weighted by molar-refractivity contribution is 6.31. The van der Waals surface area contributed by atoms with E-state index in [-0.39, 0.29) is 6.03 Å². The van der Waals surface area contributed by atoms with Crippen molar-refractivity contribution >= 4 is 23.5 Å². The second-order valence-corrected chi connectivity index (χ2v) is 5.09. The molecule has 92 valence electrons. The predicted molar refractivity (Wildman–Crippen MR) is 63.4 cm³/mol. The van der Waals surface area contributed by atoms with Crippen molar-refractivity contribution in [1.82, 2.24) is 10.2 Å². The highest BCUT2D eigenvalue weighted by Crippen LogP contribution is 2.16. The lowest BCUT2D eigenvalue weighted by Gasteiger charge is -2.20. The number of likely N-dealkylation sites (tertiary alicyclic amines) is 1. The molecule has 1 aliphatic heterocycles. The molecule has 1 rings (SSSR count). The number of hydrogen-bond donors (Lipinski definition) is 1. The Labute approximate surface area is 101 Å². The van der Waals surface area contributed by atoms with Gasteiger partial charge in [-0.05, 0) is 32.1 Å². The number of rotatable bonds is 1. The lowest BCUT2D eigenvalue weighted by atomic mass is 10.0. The van der Waals surface area contributed by atoms with Crippen LogP contribution in [0.15, 0.2) is 0 Å². The Morgan fingerprint density at radius 2 is 2.06 bits per heavy atom. The monoisotopic (exact) mass is 246 g/mol. The van der Waals surface area contributed by atoms with Gasteiger partial charge in [0.15, 0.2) is 0 Å². The molecule has 0 saturated carbocycles. The van der Waals surface area contributed by atoms with Crippen LogP contribution in [-0.4, -0.2) is 35.3 Å². The Balaban J connectivity index is 2.44. The quantitative estimate of drug-likeness (QED) is 0.720. The largest absolute Gasteiger partial charge is 0.324 e. The molecule has 4 nitrogen and oxygen atoms in total. The van der Waals surface area contributed by atoms with E-state index >= 15 is 0 Å². The van der Waals surface area contributed by atoms with E-state index in [0.29, 0.717) is 5.92 Å². The smallest absolute Gasteiger partial charge is 0.324 e. The topological polar surface area (TPSA) is 49.4 Å². The average Bonchev–Trinajstić information content (AvgIpc) is 2.42. The van der Waals surface area contributed by atoms with Crippen LogP contribution >= 0.6 is 11.6 Å². The summed E-state index contributed by atoms with van der Waals surface area (Å²) in [5.41, 5.74) is 0. The number of carbonyl (C=O) groups is 2. The minimum atomic E-state index is -0.671. The summed E-state index contributed by atoms with van der Waals surface area (Å²) in [7, 11) is 0. The Bertz CT molecular complexity index is 269. The molecule has 0 aliphatic carbocycles. The first-order chi connectivity index (χ1) is 7.50. The maximum Gasteiger partial charge on any atom is 0.324 e. The Kier molecular flexibility index (Phi) is 5.06. The lowest BCUT2D eigenvalue weighted by Crippen LogP contribution is -2.45. The molecule has 0 aromatic carbocycles. The number of alkyl halides is 1. The van der Waals surface area contributed by atoms with Crippen LogP contribution in [0.1, 0.15) is 33.1 Å². The molecule has 1 fully saturated rings. The first kappa shape index (κ1) is 13.3. The molecular weight excluding hydrogens is 228 g/mol. The van der Waals surface area contributed by atoms with E-state index in [0.717, 1.165) is 32.4 Å². The number of nitrogens with zero attached hydrogens (tertiary/aromatic N) is 1. The SMILES string of the molecule is CC1CCCN(C(=O)NC(=O)C(C)Cl)CC1. The fraction of sp³-hybridized carbons (Fsp3) is 0.818. The summed E-state index contributed by atoms with van der Waals surface area (Å²) in [4.78, 5) is 24.7. The molecule has 2 unspecified atom stereocenters. The Morgan fingerprint density at radius 1 is 1.38 bits per heavy atom. The molecule has 2 atom stereocenters. The van der Waals surface area contributed by atoms with Gasteiger partial charge in [0.25, 0.3) is 0 Å².